The van der Waals surface area contributed by atoms with Crippen LogP contribution in [0.15, 0.2) is 16.9 Å². The van der Waals surface area contributed by atoms with E-state index in [0.717, 1.165) is 12.8 Å². The lowest BCUT2D eigenvalue weighted by Gasteiger charge is -2.31. The van der Waals surface area contributed by atoms with Crippen molar-refractivity contribution in [1.29, 1.82) is 0 Å². The third-order valence-electron chi connectivity index (χ3n) is 3.07. The molecule has 0 spiro atoms. The van der Waals surface area contributed by atoms with Gasteiger partial charge in [-0.15, -0.1) is 0 Å². The fourth-order valence-corrected chi connectivity index (χ4v) is 3.32. The first-order valence-electron chi connectivity index (χ1n) is 6.05. The van der Waals surface area contributed by atoms with Crippen LogP contribution in [0.25, 0.3) is 0 Å². The maximum Gasteiger partial charge on any atom is 0.302 e. The van der Waals surface area contributed by atoms with E-state index in [9.17, 15) is 13.2 Å². The molecule has 1 atom stereocenters. The number of piperidine rings is 1. The topological polar surface area (TPSA) is 121 Å². The highest BCUT2D eigenvalue weighted by atomic mass is 32.2. The minimum Gasteiger partial charge on any atom is -0.330 e. The number of aromatic amines is 1. The monoisotopic (exact) mass is 287 g/mol. The minimum atomic E-state index is -3.65. The van der Waals surface area contributed by atoms with Crippen LogP contribution < -0.4 is 16.0 Å². The molecule has 19 heavy (non-hydrogen) atoms. The number of nitrogens with one attached hydrogen (secondary N) is 2. The Hall–Kier alpha value is -1.45. The molecule has 9 heteroatoms. The Morgan fingerprint density at radius 3 is 2.95 bits per heavy atom. The lowest BCUT2D eigenvalue weighted by molar-refractivity contribution is 0.273. The van der Waals surface area contributed by atoms with E-state index in [0.29, 0.717) is 19.6 Å². The molecule has 0 aliphatic carbocycles. The predicted molar refractivity (Wildman–Crippen MR) is 70.8 cm³/mol. The van der Waals surface area contributed by atoms with Gasteiger partial charge in [0.05, 0.1) is 0 Å². The van der Waals surface area contributed by atoms with E-state index in [1.54, 1.807) is 0 Å². The van der Waals surface area contributed by atoms with Gasteiger partial charge >= 0.3 is 10.2 Å². The highest BCUT2D eigenvalue weighted by molar-refractivity contribution is 7.90. The summed E-state index contributed by atoms with van der Waals surface area (Å²) in [6.45, 7) is 1.35. The molecular weight excluding hydrogens is 270 g/mol. The molecule has 0 bridgehead atoms. The number of anilines is 1. The molecule has 2 heterocycles. The van der Waals surface area contributed by atoms with Crippen molar-refractivity contribution in [3.63, 3.8) is 0 Å². The van der Waals surface area contributed by atoms with Crippen LogP contribution in [0.2, 0.25) is 0 Å². The molecule has 0 saturated carbocycles. The summed E-state index contributed by atoms with van der Waals surface area (Å²) in [4.78, 5) is 10.9. The first-order valence-corrected chi connectivity index (χ1v) is 7.49. The number of hydrogen-bond donors (Lipinski definition) is 3. The van der Waals surface area contributed by atoms with Crippen molar-refractivity contribution < 1.29 is 8.42 Å². The fraction of sp³-hybridized carbons (Fsp3) is 0.600. The molecule has 8 nitrogen and oxygen atoms in total. The van der Waals surface area contributed by atoms with Gasteiger partial charge in [0.15, 0.2) is 5.82 Å². The summed E-state index contributed by atoms with van der Waals surface area (Å²) in [5.74, 6) is 0.281. The quantitative estimate of drug-likeness (QED) is 0.662. The first-order chi connectivity index (χ1) is 9.01. The summed E-state index contributed by atoms with van der Waals surface area (Å²) in [6, 6.07) is 2.53. The van der Waals surface area contributed by atoms with Crippen molar-refractivity contribution in [2.45, 2.75) is 12.8 Å². The van der Waals surface area contributed by atoms with Gasteiger partial charge in [0.2, 0.25) is 0 Å². The largest absolute Gasteiger partial charge is 0.330 e. The average molecular weight is 287 g/mol. The van der Waals surface area contributed by atoms with Gasteiger partial charge in [-0.3, -0.25) is 9.52 Å². The van der Waals surface area contributed by atoms with E-state index < -0.39 is 10.2 Å². The minimum absolute atomic E-state index is 0.0921. The zero-order valence-electron chi connectivity index (χ0n) is 10.4. The maximum atomic E-state index is 12.1. The Morgan fingerprint density at radius 1 is 1.53 bits per heavy atom. The molecule has 4 N–H and O–H groups in total. The highest BCUT2D eigenvalue weighted by Crippen LogP contribution is 2.18. The van der Waals surface area contributed by atoms with E-state index in [2.05, 4.69) is 14.9 Å². The maximum absolute atomic E-state index is 12.1. The summed E-state index contributed by atoms with van der Waals surface area (Å²) in [5, 5.41) is 5.79. The summed E-state index contributed by atoms with van der Waals surface area (Å²) < 4.78 is 28.0. The predicted octanol–water partition coefficient (Wildman–Crippen LogP) is -0.903. The molecule has 0 radical (unpaired) electrons. The smallest absolute Gasteiger partial charge is 0.302 e. The van der Waals surface area contributed by atoms with Crippen molar-refractivity contribution in [1.82, 2.24) is 14.5 Å². The number of nitrogens with two attached hydrogens (primary N) is 1. The van der Waals surface area contributed by atoms with Crippen LogP contribution in [-0.2, 0) is 10.2 Å². The van der Waals surface area contributed by atoms with E-state index >= 15 is 0 Å². The molecule has 106 valence electrons. The fourth-order valence-electron chi connectivity index (χ4n) is 2.04. The average Bonchev–Trinajstić information content (AvgIpc) is 2.41. The second-order valence-corrected chi connectivity index (χ2v) is 6.19. The second kappa shape index (κ2) is 5.68. The highest BCUT2D eigenvalue weighted by Gasteiger charge is 2.28. The zero-order valence-corrected chi connectivity index (χ0v) is 11.2. The standard InChI is InChI=1S/C10H17N5O3S/c11-6-8-2-1-5-15(7-8)19(17,18)14-9-3-4-10(16)13-12-9/h3-4,8H,1-2,5-7,11H2,(H,12,14)(H,13,16). The number of nitrogens with zero attached hydrogens (tertiary/aromatic N) is 2. The van der Waals surface area contributed by atoms with E-state index in [1.165, 1.54) is 16.4 Å². The second-order valence-electron chi connectivity index (χ2n) is 4.52. The number of H-pyrrole nitrogens is 1. The van der Waals surface area contributed by atoms with Gasteiger partial charge in [0, 0.05) is 19.2 Å². The SMILES string of the molecule is NCC1CCCN(S(=O)(=O)Nc2ccc(=O)[nH]n2)C1. The molecule has 1 saturated heterocycles. The third kappa shape index (κ3) is 3.52. The molecule has 1 aliphatic rings. The van der Waals surface area contributed by atoms with Gasteiger partial charge in [-0.25, -0.2) is 5.10 Å². The molecular formula is C10H17N5O3S. The third-order valence-corrected chi connectivity index (χ3v) is 4.55. The Morgan fingerprint density at radius 2 is 2.32 bits per heavy atom. The number of hydrogen-bond acceptors (Lipinski definition) is 5. The lowest BCUT2D eigenvalue weighted by Crippen LogP contribution is -2.44. The summed E-state index contributed by atoms with van der Waals surface area (Å²) >= 11 is 0. The molecule has 1 aromatic rings. The van der Waals surface area contributed by atoms with Gasteiger partial charge in [-0.2, -0.15) is 17.8 Å². The van der Waals surface area contributed by atoms with E-state index in [-0.39, 0.29) is 17.3 Å². The van der Waals surface area contributed by atoms with Gasteiger partial charge < -0.3 is 5.73 Å². The Labute approximate surface area is 111 Å². The summed E-state index contributed by atoms with van der Waals surface area (Å²) in [6.07, 6.45) is 1.74. The number of rotatable bonds is 4. The van der Waals surface area contributed by atoms with Crippen LogP contribution in [0.3, 0.4) is 0 Å². The molecule has 1 unspecified atom stereocenters. The van der Waals surface area contributed by atoms with E-state index in [1.807, 2.05) is 0 Å². The van der Waals surface area contributed by atoms with Crippen LogP contribution in [0.5, 0.6) is 0 Å². The van der Waals surface area contributed by atoms with Crippen LogP contribution in [0, 0.1) is 5.92 Å². The molecule has 0 amide bonds. The number of aromatic nitrogens is 2. The Kier molecular flexibility index (Phi) is 4.17. The van der Waals surface area contributed by atoms with Crippen LogP contribution in [0.4, 0.5) is 5.82 Å². The summed E-state index contributed by atoms with van der Waals surface area (Å²) in [5.41, 5.74) is 5.20. The molecule has 1 aliphatic heterocycles. The Bertz CT molecular complexity index is 565. The molecule has 0 aromatic carbocycles. The molecule has 2 rings (SSSR count). The van der Waals surface area contributed by atoms with Gasteiger partial charge in [0.25, 0.3) is 5.56 Å². The summed E-state index contributed by atoms with van der Waals surface area (Å²) in [7, 11) is -3.65. The first kappa shape index (κ1) is 14.0. The van der Waals surface area contributed by atoms with Crippen molar-refractivity contribution in [2.75, 3.05) is 24.4 Å². The van der Waals surface area contributed by atoms with Crippen molar-refractivity contribution in [3.8, 4) is 0 Å². The van der Waals surface area contributed by atoms with Crippen LogP contribution >= 0.6 is 0 Å². The van der Waals surface area contributed by atoms with Gasteiger partial charge in [0.1, 0.15) is 0 Å². The van der Waals surface area contributed by atoms with Crippen molar-refractivity contribution in [2.24, 2.45) is 11.7 Å². The normalized spacial score (nSPS) is 21.2. The van der Waals surface area contributed by atoms with Crippen LogP contribution in [-0.4, -0.2) is 42.6 Å². The molecule has 1 aromatic heterocycles. The lowest BCUT2D eigenvalue weighted by atomic mass is 10.0. The van der Waals surface area contributed by atoms with Gasteiger partial charge in [-0.1, -0.05) is 0 Å². The van der Waals surface area contributed by atoms with Crippen molar-refractivity contribution >= 4 is 16.0 Å². The van der Waals surface area contributed by atoms with Gasteiger partial charge in [-0.05, 0) is 31.4 Å². The van der Waals surface area contributed by atoms with Crippen LogP contribution in [0.1, 0.15) is 12.8 Å². The molecule has 1 fully saturated rings. The van der Waals surface area contributed by atoms with E-state index in [4.69, 9.17) is 5.73 Å². The Balaban J connectivity index is 2.09. The zero-order chi connectivity index (χ0) is 13.9. The van der Waals surface area contributed by atoms with Crippen molar-refractivity contribution in [3.05, 3.63) is 22.5 Å².